The average Bonchev–Trinajstić information content (AvgIpc) is 3.19. The van der Waals surface area contributed by atoms with Crippen molar-refractivity contribution in [3.05, 3.63) is 52.0 Å². The molecular formula is C19H21N5O2. The van der Waals surface area contributed by atoms with Crippen molar-refractivity contribution in [3.63, 3.8) is 0 Å². The van der Waals surface area contributed by atoms with Gasteiger partial charge >= 0.3 is 0 Å². The van der Waals surface area contributed by atoms with Crippen LogP contribution in [0.4, 0.5) is 0 Å². The molecule has 0 saturated heterocycles. The summed E-state index contributed by atoms with van der Waals surface area (Å²) in [5.74, 6) is 1.02. The molecule has 0 fully saturated rings. The van der Waals surface area contributed by atoms with Gasteiger partial charge in [0.05, 0.1) is 6.54 Å². The maximum Gasteiger partial charge on any atom is 0.278 e. The molecule has 0 bridgehead atoms. The van der Waals surface area contributed by atoms with Crippen LogP contribution in [0.25, 0.3) is 11.6 Å². The van der Waals surface area contributed by atoms with E-state index in [1.54, 1.807) is 6.92 Å². The van der Waals surface area contributed by atoms with Gasteiger partial charge in [-0.3, -0.25) is 9.48 Å². The summed E-state index contributed by atoms with van der Waals surface area (Å²) in [5, 5.41) is 8.41. The van der Waals surface area contributed by atoms with Crippen molar-refractivity contribution in [2.75, 3.05) is 6.54 Å². The third-order valence-electron chi connectivity index (χ3n) is 4.88. The van der Waals surface area contributed by atoms with Gasteiger partial charge in [0.2, 0.25) is 0 Å². The summed E-state index contributed by atoms with van der Waals surface area (Å²) >= 11 is 0. The maximum atomic E-state index is 13.1. The molecule has 4 rings (SSSR count). The van der Waals surface area contributed by atoms with Crippen LogP contribution in [0.15, 0.2) is 22.7 Å². The van der Waals surface area contributed by atoms with Crippen molar-refractivity contribution in [2.45, 2.75) is 33.7 Å². The quantitative estimate of drug-likeness (QED) is 0.709. The normalized spacial score (nSPS) is 13.8. The molecule has 1 amide bonds. The number of nitrogens with zero attached hydrogens (tertiary/aromatic N) is 5. The van der Waals surface area contributed by atoms with Gasteiger partial charge in [-0.15, -0.1) is 0 Å². The summed E-state index contributed by atoms with van der Waals surface area (Å²) in [6.07, 6.45) is 0.753. The van der Waals surface area contributed by atoms with Crippen LogP contribution >= 0.6 is 0 Å². The SMILES string of the molecule is Cc1ccc(C)c(C(=O)N2CCc3c(c(-c4nc(C)no4)nn3C)C2)c1. The topological polar surface area (TPSA) is 77.1 Å². The van der Waals surface area contributed by atoms with Gasteiger partial charge in [-0.25, -0.2) is 0 Å². The molecule has 0 saturated carbocycles. The molecule has 0 N–H and O–H groups in total. The Balaban J connectivity index is 1.69. The molecule has 7 heteroatoms. The Kier molecular flexibility index (Phi) is 3.86. The lowest BCUT2D eigenvalue weighted by atomic mass is 10.0. The number of hydrogen-bond donors (Lipinski definition) is 0. The first-order valence-electron chi connectivity index (χ1n) is 8.66. The Hall–Kier alpha value is -2.96. The van der Waals surface area contributed by atoms with Gasteiger partial charge < -0.3 is 9.42 Å². The zero-order valence-corrected chi connectivity index (χ0v) is 15.4. The zero-order valence-electron chi connectivity index (χ0n) is 15.4. The number of carbonyl (C=O) groups is 1. The fraction of sp³-hybridized carbons (Fsp3) is 0.368. The van der Waals surface area contributed by atoms with E-state index in [9.17, 15) is 4.79 Å². The minimum Gasteiger partial charge on any atom is -0.334 e. The minimum atomic E-state index is 0.0494. The Morgan fingerprint density at radius 2 is 2.04 bits per heavy atom. The van der Waals surface area contributed by atoms with Crippen LogP contribution in [-0.2, 0) is 20.0 Å². The van der Waals surface area contributed by atoms with Crippen LogP contribution in [-0.4, -0.2) is 37.3 Å². The van der Waals surface area contributed by atoms with Crippen molar-refractivity contribution < 1.29 is 9.32 Å². The summed E-state index contributed by atoms with van der Waals surface area (Å²) in [6.45, 7) is 6.91. The molecule has 1 aromatic carbocycles. The van der Waals surface area contributed by atoms with E-state index >= 15 is 0 Å². The number of aryl methyl sites for hydroxylation is 4. The largest absolute Gasteiger partial charge is 0.334 e. The first kappa shape index (κ1) is 16.5. The van der Waals surface area contributed by atoms with E-state index in [1.165, 1.54) is 0 Å². The summed E-state index contributed by atoms with van der Waals surface area (Å²) in [4.78, 5) is 19.3. The Morgan fingerprint density at radius 1 is 1.23 bits per heavy atom. The van der Waals surface area contributed by atoms with Gasteiger partial charge in [0, 0.05) is 36.8 Å². The molecular weight excluding hydrogens is 330 g/mol. The summed E-state index contributed by atoms with van der Waals surface area (Å²) in [7, 11) is 1.91. The van der Waals surface area contributed by atoms with Gasteiger partial charge in [0.1, 0.15) is 0 Å². The van der Waals surface area contributed by atoms with E-state index in [2.05, 4.69) is 15.2 Å². The lowest BCUT2D eigenvalue weighted by Gasteiger charge is -2.28. The van der Waals surface area contributed by atoms with E-state index in [-0.39, 0.29) is 5.91 Å². The highest BCUT2D eigenvalue weighted by Crippen LogP contribution is 2.29. The fourth-order valence-corrected chi connectivity index (χ4v) is 3.47. The predicted molar refractivity (Wildman–Crippen MR) is 95.6 cm³/mol. The van der Waals surface area contributed by atoms with Crippen LogP contribution in [0.3, 0.4) is 0 Å². The van der Waals surface area contributed by atoms with Crippen molar-refractivity contribution in [3.8, 4) is 11.6 Å². The number of hydrogen-bond acceptors (Lipinski definition) is 5. The first-order valence-corrected chi connectivity index (χ1v) is 8.66. The molecule has 0 unspecified atom stereocenters. The molecule has 7 nitrogen and oxygen atoms in total. The van der Waals surface area contributed by atoms with E-state index < -0.39 is 0 Å². The van der Waals surface area contributed by atoms with Gasteiger partial charge in [-0.1, -0.05) is 22.9 Å². The van der Waals surface area contributed by atoms with E-state index in [1.807, 2.05) is 48.7 Å². The van der Waals surface area contributed by atoms with Crippen LogP contribution in [0, 0.1) is 20.8 Å². The highest BCUT2D eigenvalue weighted by molar-refractivity contribution is 5.96. The van der Waals surface area contributed by atoms with Crippen LogP contribution in [0.5, 0.6) is 0 Å². The lowest BCUT2D eigenvalue weighted by Crippen LogP contribution is -2.36. The summed E-state index contributed by atoms with van der Waals surface area (Å²) in [6, 6.07) is 5.98. The van der Waals surface area contributed by atoms with Crippen molar-refractivity contribution in [1.82, 2.24) is 24.8 Å². The predicted octanol–water partition coefficient (Wildman–Crippen LogP) is 2.59. The third-order valence-corrected chi connectivity index (χ3v) is 4.88. The molecule has 3 aromatic rings. The molecule has 0 atom stereocenters. The summed E-state index contributed by atoms with van der Waals surface area (Å²) in [5.41, 5.74) is 5.60. The molecule has 2 aromatic heterocycles. The third kappa shape index (κ3) is 2.69. The fourth-order valence-electron chi connectivity index (χ4n) is 3.47. The second-order valence-electron chi connectivity index (χ2n) is 6.84. The average molecular weight is 351 g/mol. The lowest BCUT2D eigenvalue weighted by molar-refractivity contribution is 0.0732. The molecule has 134 valence electrons. The molecule has 0 radical (unpaired) electrons. The molecule has 1 aliphatic rings. The molecule has 0 aliphatic carbocycles. The standard InChI is InChI=1S/C19H21N5O2/c1-11-5-6-12(2)14(9-11)19(25)24-8-7-16-15(10-24)17(21-23(16)4)18-20-13(3)22-26-18/h5-6,9H,7-8,10H2,1-4H3. The Morgan fingerprint density at radius 3 is 2.77 bits per heavy atom. The minimum absolute atomic E-state index is 0.0494. The highest BCUT2D eigenvalue weighted by Gasteiger charge is 2.30. The van der Waals surface area contributed by atoms with Crippen LogP contribution < -0.4 is 0 Å². The van der Waals surface area contributed by atoms with Crippen LogP contribution in [0.1, 0.15) is 38.6 Å². The maximum absolute atomic E-state index is 13.1. The molecule has 1 aliphatic heterocycles. The highest BCUT2D eigenvalue weighted by atomic mass is 16.5. The van der Waals surface area contributed by atoms with E-state index in [4.69, 9.17) is 4.52 Å². The number of aromatic nitrogens is 4. The van der Waals surface area contributed by atoms with Crippen molar-refractivity contribution >= 4 is 5.91 Å². The monoisotopic (exact) mass is 351 g/mol. The number of amides is 1. The van der Waals surface area contributed by atoms with Crippen molar-refractivity contribution in [2.24, 2.45) is 7.05 Å². The number of fused-ring (bicyclic) bond motifs is 1. The van der Waals surface area contributed by atoms with Gasteiger partial charge in [-0.2, -0.15) is 10.1 Å². The van der Waals surface area contributed by atoms with Gasteiger partial charge in [0.25, 0.3) is 11.8 Å². The van der Waals surface area contributed by atoms with E-state index in [0.717, 1.165) is 34.4 Å². The number of carbonyl (C=O) groups excluding carboxylic acids is 1. The second-order valence-corrected chi connectivity index (χ2v) is 6.84. The summed E-state index contributed by atoms with van der Waals surface area (Å²) < 4.78 is 7.16. The van der Waals surface area contributed by atoms with Crippen molar-refractivity contribution in [1.29, 1.82) is 0 Å². The Bertz CT molecular complexity index is 1000. The number of rotatable bonds is 2. The molecule has 0 spiro atoms. The molecule has 3 heterocycles. The number of benzene rings is 1. The molecule has 26 heavy (non-hydrogen) atoms. The van der Waals surface area contributed by atoms with Gasteiger partial charge in [-0.05, 0) is 32.4 Å². The smallest absolute Gasteiger partial charge is 0.278 e. The van der Waals surface area contributed by atoms with Crippen LogP contribution in [0.2, 0.25) is 0 Å². The first-order chi connectivity index (χ1) is 12.4. The Labute approximate surface area is 151 Å². The van der Waals surface area contributed by atoms with Gasteiger partial charge in [0.15, 0.2) is 11.5 Å². The zero-order chi connectivity index (χ0) is 18.4. The van der Waals surface area contributed by atoms with E-state index in [0.29, 0.717) is 30.5 Å². The second kappa shape index (κ2) is 6.09.